The van der Waals surface area contributed by atoms with Gasteiger partial charge in [0, 0.05) is 29.8 Å². The van der Waals surface area contributed by atoms with Crippen LogP contribution in [0.4, 0.5) is 5.82 Å². The highest BCUT2D eigenvalue weighted by Gasteiger charge is 2.21. The van der Waals surface area contributed by atoms with Crippen molar-refractivity contribution in [3.8, 4) is 22.8 Å². The van der Waals surface area contributed by atoms with Crippen molar-refractivity contribution in [1.82, 2.24) is 15.0 Å². The maximum absolute atomic E-state index is 6.55. The number of methoxy groups -OCH3 is 2. The molecule has 2 aromatic heterocycles. The molecule has 0 unspecified atom stereocenters. The van der Waals surface area contributed by atoms with Gasteiger partial charge in [-0.2, -0.15) is 0 Å². The number of hydrogen-bond acceptors (Lipinski definition) is 7. The van der Waals surface area contributed by atoms with Crippen LogP contribution in [-0.4, -0.2) is 42.0 Å². The van der Waals surface area contributed by atoms with Gasteiger partial charge in [-0.05, 0) is 19.2 Å². The molecule has 27 heavy (non-hydrogen) atoms. The summed E-state index contributed by atoms with van der Waals surface area (Å²) < 4.78 is 10.7. The van der Waals surface area contributed by atoms with Crippen molar-refractivity contribution in [1.29, 1.82) is 0 Å². The molecule has 0 saturated heterocycles. The molecule has 0 amide bonds. The summed E-state index contributed by atoms with van der Waals surface area (Å²) in [5, 5.41) is 5.47. The maximum Gasteiger partial charge on any atom is 0.187 e. The van der Waals surface area contributed by atoms with Crippen molar-refractivity contribution in [3.05, 3.63) is 28.4 Å². The third-order valence-electron chi connectivity index (χ3n) is 3.90. The van der Waals surface area contributed by atoms with Crippen molar-refractivity contribution in [2.75, 3.05) is 32.3 Å². The standard InChI is InChI=1S/C18H18Cl2N4O2S/c1-5-21-17-16-9(8-22-18(24-16)27-4)6-10(23-17)13-14(19)11(25-2)7-12(26-3)15(13)20/h6-8H,5H2,1-4H3,(H,21,23). The summed E-state index contributed by atoms with van der Waals surface area (Å²) in [6, 6.07) is 3.50. The Morgan fingerprint density at radius 2 is 1.74 bits per heavy atom. The van der Waals surface area contributed by atoms with E-state index in [1.807, 2.05) is 19.2 Å². The first-order chi connectivity index (χ1) is 13.0. The normalized spacial score (nSPS) is 10.9. The predicted molar refractivity (Wildman–Crippen MR) is 112 cm³/mol. The Morgan fingerprint density at radius 3 is 2.30 bits per heavy atom. The number of thioether (sulfide) groups is 1. The van der Waals surface area contributed by atoms with Crippen molar-refractivity contribution in [3.63, 3.8) is 0 Å². The van der Waals surface area contributed by atoms with Crippen molar-refractivity contribution in [2.24, 2.45) is 0 Å². The molecule has 3 aromatic rings. The number of halogens is 2. The van der Waals surface area contributed by atoms with Crippen LogP contribution >= 0.6 is 35.0 Å². The number of pyridine rings is 1. The van der Waals surface area contributed by atoms with Crippen LogP contribution in [0.1, 0.15) is 6.92 Å². The zero-order valence-electron chi connectivity index (χ0n) is 15.3. The molecule has 3 rings (SSSR count). The SMILES string of the molecule is CCNc1nc(-c2c(Cl)c(OC)cc(OC)c2Cl)cc2cnc(SC)nc12. The van der Waals surface area contributed by atoms with Crippen LogP contribution < -0.4 is 14.8 Å². The minimum Gasteiger partial charge on any atom is -0.495 e. The van der Waals surface area contributed by atoms with Crippen molar-refractivity contribution >= 4 is 51.7 Å². The first kappa shape index (κ1) is 19.8. The highest BCUT2D eigenvalue weighted by atomic mass is 35.5. The van der Waals surface area contributed by atoms with E-state index in [1.54, 1.807) is 12.3 Å². The fourth-order valence-electron chi connectivity index (χ4n) is 2.65. The summed E-state index contributed by atoms with van der Waals surface area (Å²) in [4.78, 5) is 13.6. The van der Waals surface area contributed by atoms with E-state index in [2.05, 4.69) is 15.3 Å². The second-order valence-electron chi connectivity index (χ2n) is 5.47. The molecule has 1 N–H and O–H groups in total. The van der Waals surface area contributed by atoms with E-state index in [0.29, 0.717) is 50.3 Å². The number of benzene rings is 1. The molecule has 142 valence electrons. The van der Waals surface area contributed by atoms with Crippen LogP contribution in [0.5, 0.6) is 11.5 Å². The van der Waals surface area contributed by atoms with E-state index >= 15 is 0 Å². The molecule has 0 aliphatic carbocycles. The molecule has 0 aliphatic rings. The Balaban J connectivity index is 2.32. The van der Waals surface area contributed by atoms with Crippen LogP contribution in [0.2, 0.25) is 10.0 Å². The minimum absolute atomic E-state index is 0.360. The zero-order valence-corrected chi connectivity index (χ0v) is 17.6. The molecular weight excluding hydrogens is 407 g/mol. The van der Waals surface area contributed by atoms with E-state index < -0.39 is 0 Å². The summed E-state index contributed by atoms with van der Waals surface area (Å²) in [5.41, 5.74) is 1.85. The molecule has 1 aromatic carbocycles. The van der Waals surface area contributed by atoms with Gasteiger partial charge in [0.15, 0.2) is 11.0 Å². The van der Waals surface area contributed by atoms with Crippen LogP contribution in [-0.2, 0) is 0 Å². The Morgan fingerprint density at radius 1 is 1.07 bits per heavy atom. The summed E-state index contributed by atoms with van der Waals surface area (Å²) >= 11 is 14.6. The van der Waals surface area contributed by atoms with Crippen LogP contribution in [0.3, 0.4) is 0 Å². The van der Waals surface area contributed by atoms with E-state index in [4.69, 9.17) is 37.7 Å². The molecule has 0 spiro atoms. The molecule has 2 heterocycles. The number of nitrogens with one attached hydrogen (secondary N) is 1. The lowest BCUT2D eigenvalue weighted by molar-refractivity contribution is 0.395. The molecule has 0 aliphatic heterocycles. The lowest BCUT2D eigenvalue weighted by atomic mass is 10.1. The molecular formula is C18H18Cl2N4O2S. The smallest absolute Gasteiger partial charge is 0.187 e. The van der Waals surface area contributed by atoms with Gasteiger partial charge in [-0.1, -0.05) is 35.0 Å². The maximum atomic E-state index is 6.55. The fourth-order valence-corrected chi connectivity index (χ4v) is 3.69. The van der Waals surface area contributed by atoms with E-state index in [9.17, 15) is 0 Å². The molecule has 0 bridgehead atoms. The van der Waals surface area contributed by atoms with Gasteiger partial charge in [-0.15, -0.1) is 0 Å². The quantitative estimate of drug-likeness (QED) is 0.432. The average molecular weight is 425 g/mol. The van der Waals surface area contributed by atoms with Crippen LogP contribution in [0.15, 0.2) is 23.5 Å². The van der Waals surface area contributed by atoms with Gasteiger partial charge in [-0.3, -0.25) is 0 Å². The second kappa shape index (κ2) is 8.37. The van der Waals surface area contributed by atoms with Gasteiger partial charge in [0.2, 0.25) is 0 Å². The molecule has 0 saturated carbocycles. The largest absolute Gasteiger partial charge is 0.495 e. The number of hydrogen-bond donors (Lipinski definition) is 1. The van der Waals surface area contributed by atoms with Crippen LogP contribution in [0, 0.1) is 0 Å². The number of ether oxygens (including phenoxy) is 2. The Kier molecular flexibility index (Phi) is 6.14. The average Bonchev–Trinajstić information content (AvgIpc) is 2.68. The first-order valence-electron chi connectivity index (χ1n) is 8.10. The molecule has 0 atom stereocenters. The van der Waals surface area contributed by atoms with E-state index in [1.165, 1.54) is 26.0 Å². The summed E-state index contributed by atoms with van der Waals surface area (Å²) in [6.07, 6.45) is 3.69. The van der Waals surface area contributed by atoms with Gasteiger partial charge < -0.3 is 14.8 Å². The van der Waals surface area contributed by atoms with E-state index in [0.717, 1.165) is 10.9 Å². The van der Waals surface area contributed by atoms with Gasteiger partial charge in [0.1, 0.15) is 17.0 Å². The number of nitrogens with zero attached hydrogens (tertiary/aromatic N) is 3. The third kappa shape index (κ3) is 3.72. The summed E-state index contributed by atoms with van der Waals surface area (Å²) in [5.74, 6) is 1.54. The lowest BCUT2D eigenvalue weighted by Crippen LogP contribution is -2.04. The van der Waals surface area contributed by atoms with Gasteiger partial charge in [0.05, 0.1) is 30.0 Å². The van der Waals surface area contributed by atoms with Crippen LogP contribution in [0.25, 0.3) is 22.2 Å². The first-order valence-corrected chi connectivity index (χ1v) is 10.1. The van der Waals surface area contributed by atoms with Crippen molar-refractivity contribution in [2.45, 2.75) is 12.1 Å². The molecule has 0 radical (unpaired) electrons. The van der Waals surface area contributed by atoms with Crippen molar-refractivity contribution < 1.29 is 9.47 Å². The topological polar surface area (TPSA) is 69.2 Å². The highest BCUT2D eigenvalue weighted by molar-refractivity contribution is 7.98. The summed E-state index contributed by atoms with van der Waals surface area (Å²) in [7, 11) is 3.07. The Bertz CT molecular complexity index is 973. The number of rotatable bonds is 6. The monoisotopic (exact) mass is 424 g/mol. The third-order valence-corrected chi connectivity index (χ3v) is 5.21. The Labute approximate surface area is 171 Å². The minimum atomic E-state index is 0.360. The number of fused-ring (bicyclic) bond motifs is 1. The van der Waals surface area contributed by atoms with Gasteiger partial charge in [0.25, 0.3) is 0 Å². The van der Waals surface area contributed by atoms with E-state index in [-0.39, 0.29) is 0 Å². The zero-order chi connectivity index (χ0) is 19.6. The predicted octanol–water partition coefficient (Wildman–Crippen LogP) is 5.17. The molecule has 0 fully saturated rings. The number of aromatic nitrogens is 3. The summed E-state index contributed by atoms with van der Waals surface area (Å²) in [6.45, 7) is 2.68. The molecule has 6 nitrogen and oxygen atoms in total. The highest BCUT2D eigenvalue weighted by Crippen LogP contribution is 2.46. The van der Waals surface area contributed by atoms with Gasteiger partial charge in [-0.25, -0.2) is 15.0 Å². The second-order valence-corrected chi connectivity index (χ2v) is 6.99. The molecule has 9 heteroatoms. The van der Waals surface area contributed by atoms with Gasteiger partial charge >= 0.3 is 0 Å². The lowest BCUT2D eigenvalue weighted by Gasteiger charge is -2.16. The number of anilines is 1. The fraction of sp³-hybridized carbons (Fsp3) is 0.278. The Hall–Kier alpha value is -1.96.